The summed E-state index contributed by atoms with van der Waals surface area (Å²) in [6, 6.07) is 5.55. The van der Waals surface area contributed by atoms with Crippen LogP contribution in [0.5, 0.6) is 0 Å². The highest BCUT2D eigenvalue weighted by molar-refractivity contribution is 6.07. The Morgan fingerprint density at radius 3 is 3.10 bits per heavy atom. The Balaban J connectivity index is 1.67. The van der Waals surface area contributed by atoms with Crippen LogP contribution in [0.3, 0.4) is 0 Å². The third kappa shape index (κ3) is 2.54. The van der Waals surface area contributed by atoms with Gasteiger partial charge in [0.25, 0.3) is 5.91 Å². The monoisotopic (exact) mass is 269 g/mol. The maximum absolute atomic E-state index is 12.2. The van der Waals surface area contributed by atoms with Crippen LogP contribution >= 0.6 is 0 Å². The minimum absolute atomic E-state index is 0.0413. The molecule has 0 saturated heterocycles. The van der Waals surface area contributed by atoms with Crippen LogP contribution in [0.2, 0.25) is 0 Å². The van der Waals surface area contributed by atoms with Crippen LogP contribution in [0.1, 0.15) is 36.0 Å². The molecule has 3 rings (SSSR count). The molecule has 1 heterocycles. The van der Waals surface area contributed by atoms with Crippen molar-refractivity contribution in [3.05, 3.63) is 41.6 Å². The Labute approximate surface area is 118 Å². The largest absolute Gasteiger partial charge is 0.399 e. The van der Waals surface area contributed by atoms with Gasteiger partial charge in [-0.3, -0.25) is 4.79 Å². The van der Waals surface area contributed by atoms with E-state index >= 15 is 0 Å². The highest BCUT2D eigenvalue weighted by Crippen LogP contribution is 2.22. The van der Waals surface area contributed by atoms with E-state index in [9.17, 15) is 4.79 Å². The van der Waals surface area contributed by atoms with Gasteiger partial charge in [0.1, 0.15) is 0 Å². The van der Waals surface area contributed by atoms with E-state index in [4.69, 9.17) is 5.73 Å². The molecule has 0 radical (unpaired) electrons. The molecule has 0 bridgehead atoms. The van der Waals surface area contributed by atoms with Gasteiger partial charge in [0.2, 0.25) is 0 Å². The third-order valence-electron chi connectivity index (χ3n) is 3.82. The molecule has 4 heteroatoms. The minimum Gasteiger partial charge on any atom is -0.399 e. The van der Waals surface area contributed by atoms with Gasteiger partial charge in [-0.05, 0) is 43.9 Å². The van der Waals surface area contributed by atoms with Crippen molar-refractivity contribution in [2.75, 3.05) is 12.3 Å². The molecule has 0 unspecified atom stereocenters. The summed E-state index contributed by atoms with van der Waals surface area (Å²) in [5.41, 5.74) is 9.51. The van der Waals surface area contributed by atoms with E-state index in [1.807, 2.05) is 18.2 Å². The lowest BCUT2D eigenvalue weighted by atomic mass is 10.1. The minimum atomic E-state index is -0.0413. The quantitative estimate of drug-likeness (QED) is 0.590. The van der Waals surface area contributed by atoms with Crippen molar-refractivity contribution in [3.8, 4) is 0 Å². The number of fused-ring (bicyclic) bond motifs is 1. The Hall–Kier alpha value is -2.23. The summed E-state index contributed by atoms with van der Waals surface area (Å²) in [6.07, 6.45) is 8.61. The molecule has 0 saturated carbocycles. The predicted octanol–water partition coefficient (Wildman–Crippen LogP) is 2.98. The van der Waals surface area contributed by atoms with Crippen LogP contribution in [0, 0.1) is 0 Å². The van der Waals surface area contributed by atoms with Crippen LogP contribution in [0.4, 0.5) is 5.69 Å². The number of anilines is 1. The molecular weight excluding hydrogens is 250 g/mol. The molecule has 1 aliphatic carbocycles. The molecule has 20 heavy (non-hydrogen) atoms. The smallest absolute Gasteiger partial charge is 0.253 e. The van der Waals surface area contributed by atoms with E-state index in [0.717, 1.165) is 17.3 Å². The number of rotatable bonds is 4. The Morgan fingerprint density at radius 1 is 1.40 bits per heavy atom. The highest BCUT2D eigenvalue weighted by Gasteiger charge is 2.12. The molecule has 1 aliphatic rings. The van der Waals surface area contributed by atoms with Crippen molar-refractivity contribution in [1.29, 1.82) is 0 Å². The highest BCUT2D eigenvalue weighted by atomic mass is 16.1. The van der Waals surface area contributed by atoms with E-state index in [-0.39, 0.29) is 5.91 Å². The van der Waals surface area contributed by atoms with Crippen LogP contribution in [0.15, 0.2) is 36.0 Å². The van der Waals surface area contributed by atoms with Crippen LogP contribution < -0.4 is 11.1 Å². The van der Waals surface area contributed by atoms with Crippen molar-refractivity contribution in [2.45, 2.75) is 25.7 Å². The lowest BCUT2D eigenvalue weighted by Crippen LogP contribution is -2.24. The summed E-state index contributed by atoms with van der Waals surface area (Å²) < 4.78 is 0. The number of carbonyl (C=O) groups excluding carboxylic acids is 1. The Bertz CT molecular complexity index is 669. The Kier molecular flexibility index (Phi) is 3.46. The molecule has 1 amide bonds. The lowest BCUT2D eigenvalue weighted by molar-refractivity contribution is 0.0956. The van der Waals surface area contributed by atoms with Gasteiger partial charge < -0.3 is 16.0 Å². The van der Waals surface area contributed by atoms with E-state index in [2.05, 4.69) is 16.4 Å². The fraction of sp³-hybridized carbons (Fsp3) is 0.312. The number of nitrogens with two attached hydrogens (primary N) is 1. The SMILES string of the molecule is Nc1ccc2[nH]cc(C(=O)NCCC3=CCCC3)c2c1. The topological polar surface area (TPSA) is 70.9 Å². The number of nitrogens with one attached hydrogen (secondary N) is 2. The summed E-state index contributed by atoms with van der Waals surface area (Å²) in [4.78, 5) is 15.3. The average Bonchev–Trinajstić information content (AvgIpc) is 3.07. The molecular formula is C16H19N3O. The molecule has 2 aromatic rings. The third-order valence-corrected chi connectivity index (χ3v) is 3.82. The summed E-state index contributed by atoms with van der Waals surface area (Å²) in [7, 11) is 0. The first-order valence-corrected chi connectivity index (χ1v) is 7.07. The maximum Gasteiger partial charge on any atom is 0.253 e. The second kappa shape index (κ2) is 5.41. The maximum atomic E-state index is 12.2. The number of H-pyrrole nitrogens is 1. The van der Waals surface area contributed by atoms with Crippen molar-refractivity contribution in [1.82, 2.24) is 10.3 Å². The molecule has 4 nitrogen and oxygen atoms in total. The molecule has 0 atom stereocenters. The van der Waals surface area contributed by atoms with E-state index in [1.165, 1.54) is 24.8 Å². The predicted molar refractivity (Wildman–Crippen MR) is 81.6 cm³/mol. The fourth-order valence-electron chi connectivity index (χ4n) is 2.72. The van der Waals surface area contributed by atoms with Gasteiger partial charge in [0.05, 0.1) is 5.56 Å². The van der Waals surface area contributed by atoms with Crippen molar-refractivity contribution >= 4 is 22.5 Å². The zero-order valence-corrected chi connectivity index (χ0v) is 11.4. The summed E-state index contributed by atoms with van der Waals surface area (Å²) in [6.45, 7) is 0.694. The average molecular weight is 269 g/mol. The van der Waals surface area contributed by atoms with Gasteiger partial charge in [-0.2, -0.15) is 0 Å². The molecule has 0 spiro atoms. The summed E-state index contributed by atoms with van der Waals surface area (Å²) in [5.74, 6) is -0.0413. The van der Waals surface area contributed by atoms with Crippen molar-refractivity contribution < 1.29 is 4.79 Å². The van der Waals surface area contributed by atoms with Gasteiger partial charge in [0.15, 0.2) is 0 Å². The number of carbonyl (C=O) groups is 1. The van der Waals surface area contributed by atoms with Crippen LogP contribution in [-0.2, 0) is 0 Å². The molecule has 0 fully saturated rings. The van der Waals surface area contributed by atoms with Gasteiger partial charge in [-0.15, -0.1) is 0 Å². The molecule has 1 aromatic carbocycles. The normalized spacial score (nSPS) is 14.5. The number of nitrogen functional groups attached to an aromatic ring is 1. The molecule has 104 valence electrons. The van der Waals surface area contributed by atoms with Gasteiger partial charge in [-0.25, -0.2) is 0 Å². The van der Waals surface area contributed by atoms with Crippen molar-refractivity contribution in [3.63, 3.8) is 0 Å². The standard InChI is InChI=1S/C16H19N3O/c17-12-5-6-15-13(9-12)14(10-19-15)16(20)18-8-7-11-3-1-2-4-11/h3,5-6,9-10,19H,1-2,4,7-8,17H2,(H,18,20). The number of allylic oxidation sites excluding steroid dienone is 1. The first kappa shape index (κ1) is 12.8. The number of aromatic amines is 1. The van der Waals surface area contributed by atoms with Gasteiger partial charge in [0, 0.05) is 29.3 Å². The first-order valence-electron chi connectivity index (χ1n) is 7.07. The van der Waals surface area contributed by atoms with E-state index < -0.39 is 0 Å². The van der Waals surface area contributed by atoms with Crippen LogP contribution in [0.25, 0.3) is 10.9 Å². The van der Waals surface area contributed by atoms with Crippen LogP contribution in [-0.4, -0.2) is 17.4 Å². The zero-order chi connectivity index (χ0) is 13.9. The van der Waals surface area contributed by atoms with Gasteiger partial charge in [-0.1, -0.05) is 11.6 Å². The fourth-order valence-corrected chi connectivity index (χ4v) is 2.72. The number of aromatic nitrogens is 1. The van der Waals surface area contributed by atoms with E-state index in [1.54, 1.807) is 6.20 Å². The molecule has 4 N–H and O–H groups in total. The Morgan fingerprint density at radius 2 is 2.30 bits per heavy atom. The molecule has 0 aliphatic heterocycles. The zero-order valence-electron chi connectivity index (χ0n) is 11.4. The summed E-state index contributed by atoms with van der Waals surface area (Å²) in [5, 5.41) is 3.86. The second-order valence-corrected chi connectivity index (χ2v) is 5.27. The lowest BCUT2D eigenvalue weighted by Gasteiger charge is -2.05. The van der Waals surface area contributed by atoms with Crippen molar-refractivity contribution in [2.24, 2.45) is 0 Å². The van der Waals surface area contributed by atoms with E-state index in [0.29, 0.717) is 17.8 Å². The van der Waals surface area contributed by atoms with Gasteiger partial charge >= 0.3 is 0 Å². The first-order chi connectivity index (χ1) is 9.74. The number of amides is 1. The summed E-state index contributed by atoms with van der Waals surface area (Å²) >= 11 is 0. The second-order valence-electron chi connectivity index (χ2n) is 5.27. The number of hydrogen-bond donors (Lipinski definition) is 3. The number of hydrogen-bond acceptors (Lipinski definition) is 2. The number of benzene rings is 1. The molecule has 1 aromatic heterocycles.